The van der Waals surface area contributed by atoms with Crippen molar-refractivity contribution in [3.05, 3.63) is 53.6 Å². The maximum Gasteiger partial charge on any atom is 0.124 e. The van der Waals surface area contributed by atoms with Gasteiger partial charge in [0.05, 0.1) is 35.0 Å². The number of pyridine rings is 1. The molecule has 5 rings (SSSR count). The van der Waals surface area contributed by atoms with Crippen molar-refractivity contribution >= 4 is 16.7 Å². The van der Waals surface area contributed by atoms with Crippen LogP contribution in [-0.4, -0.2) is 64.6 Å². The monoisotopic (exact) mass is 418 g/mol. The fraction of sp³-hybridized carbons (Fsp3) is 0.520. The lowest BCUT2D eigenvalue weighted by atomic mass is 9.91. The highest BCUT2D eigenvalue weighted by atomic mass is 15.3. The van der Waals surface area contributed by atoms with E-state index in [0.29, 0.717) is 6.04 Å². The Morgan fingerprint density at radius 1 is 1.10 bits per heavy atom. The largest absolute Gasteiger partial charge is 0.367 e. The first-order chi connectivity index (χ1) is 15.2. The van der Waals surface area contributed by atoms with Crippen LogP contribution in [0.25, 0.3) is 11.0 Å². The van der Waals surface area contributed by atoms with Crippen molar-refractivity contribution in [3.63, 3.8) is 0 Å². The highest BCUT2D eigenvalue weighted by Crippen LogP contribution is 2.34. The molecule has 6 nitrogen and oxygen atoms in total. The second kappa shape index (κ2) is 8.60. The Balaban J connectivity index is 1.46. The lowest BCUT2D eigenvalue weighted by molar-refractivity contribution is 0.202. The van der Waals surface area contributed by atoms with Gasteiger partial charge in [0.1, 0.15) is 5.82 Å². The molecule has 0 bridgehead atoms. The van der Waals surface area contributed by atoms with Gasteiger partial charge in [-0.05, 0) is 64.0 Å². The zero-order valence-electron chi connectivity index (χ0n) is 19.1. The fourth-order valence-electron chi connectivity index (χ4n) is 5.33. The van der Waals surface area contributed by atoms with E-state index in [0.717, 1.165) is 57.0 Å². The first-order valence-corrected chi connectivity index (χ1v) is 11.7. The van der Waals surface area contributed by atoms with Crippen molar-refractivity contribution in [3.8, 4) is 0 Å². The highest BCUT2D eigenvalue weighted by Gasteiger charge is 2.27. The van der Waals surface area contributed by atoms with Gasteiger partial charge in [0.25, 0.3) is 0 Å². The smallest absolute Gasteiger partial charge is 0.124 e. The Morgan fingerprint density at radius 2 is 1.94 bits per heavy atom. The molecular formula is C25H34N6. The molecule has 2 aliphatic rings. The minimum atomic E-state index is 0.368. The molecule has 2 aromatic heterocycles. The Bertz CT molecular complexity index is 1050. The fourth-order valence-corrected chi connectivity index (χ4v) is 5.33. The van der Waals surface area contributed by atoms with Crippen molar-refractivity contribution in [2.75, 3.05) is 45.2 Å². The van der Waals surface area contributed by atoms with Gasteiger partial charge in [0, 0.05) is 38.9 Å². The number of hydrogen-bond acceptors (Lipinski definition) is 5. The van der Waals surface area contributed by atoms with E-state index in [2.05, 4.69) is 70.6 Å². The summed E-state index contributed by atoms with van der Waals surface area (Å²) in [5, 5.41) is 0. The van der Waals surface area contributed by atoms with Crippen LogP contribution in [0.15, 0.2) is 36.5 Å². The summed E-state index contributed by atoms with van der Waals surface area (Å²) in [6, 6.07) is 11.3. The average Bonchev–Trinajstić information content (AvgIpc) is 3.16. The normalized spacial score (nSPS) is 19.9. The van der Waals surface area contributed by atoms with E-state index in [1.165, 1.54) is 35.3 Å². The summed E-state index contributed by atoms with van der Waals surface area (Å²) < 4.78 is 2.43. The number of imidazole rings is 1. The first kappa shape index (κ1) is 20.5. The minimum Gasteiger partial charge on any atom is -0.367 e. The minimum absolute atomic E-state index is 0.368. The summed E-state index contributed by atoms with van der Waals surface area (Å²) in [6.45, 7) is 8.38. The molecule has 164 valence electrons. The van der Waals surface area contributed by atoms with Crippen molar-refractivity contribution < 1.29 is 0 Å². The number of benzene rings is 1. The Hall–Kier alpha value is -2.44. The van der Waals surface area contributed by atoms with Gasteiger partial charge in [0.15, 0.2) is 0 Å². The molecule has 1 saturated heterocycles. The number of fused-ring (bicyclic) bond motifs is 2. The van der Waals surface area contributed by atoms with E-state index < -0.39 is 0 Å². The SMILES string of the molecule is CCn1c(CN(C)C2CCCc3cccnc32)nc2cccc(N3CCN(C)CC3)c21. The van der Waals surface area contributed by atoms with E-state index in [1.807, 2.05) is 6.20 Å². The van der Waals surface area contributed by atoms with Crippen LogP contribution in [-0.2, 0) is 19.5 Å². The molecular weight excluding hydrogens is 384 g/mol. The summed E-state index contributed by atoms with van der Waals surface area (Å²) >= 11 is 0. The summed E-state index contributed by atoms with van der Waals surface area (Å²) in [6.07, 6.45) is 5.48. The lowest BCUT2D eigenvalue weighted by Gasteiger charge is -2.34. The number of aryl methyl sites for hydroxylation is 2. The predicted octanol–water partition coefficient (Wildman–Crippen LogP) is 3.71. The summed E-state index contributed by atoms with van der Waals surface area (Å²) in [5.74, 6) is 1.16. The molecule has 1 aromatic carbocycles. The van der Waals surface area contributed by atoms with Gasteiger partial charge in [-0.1, -0.05) is 12.1 Å². The van der Waals surface area contributed by atoms with Gasteiger partial charge < -0.3 is 14.4 Å². The number of para-hydroxylation sites is 1. The quantitative estimate of drug-likeness (QED) is 0.632. The van der Waals surface area contributed by atoms with E-state index >= 15 is 0 Å². The molecule has 6 heteroatoms. The number of rotatable bonds is 5. The molecule has 1 aliphatic carbocycles. The number of likely N-dealkylation sites (N-methyl/N-ethyl adjacent to an activating group) is 1. The second-order valence-corrected chi connectivity index (χ2v) is 9.08. The Morgan fingerprint density at radius 3 is 2.74 bits per heavy atom. The topological polar surface area (TPSA) is 40.4 Å². The van der Waals surface area contributed by atoms with E-state index in [-0.39, 0.29) is 0 Å². The van der Waals surface area contributed by atoms with Gasteiger partial charge in [0.2, 0.25) is 0 Å². The maximum atomic E-state index is 5.11. The number of hydrogen-bond donors (Lipinski definition) is 0. The number of piperazine rings is 1. The predicted molar refractivity (Wildman–Crippen MR) is 127 cm³/mol. The highest BCUT2D eigenvalue weighted by molar-refractivity contribution is 5.89. The van der Waals surface area contributed by atoms with Gasteiger partial charge in [-0.15, -0.1) is 0 Å². The second-order valence-electron chi connectivity index (χ2n) is 9.08. The third-order valence-corrected chi connectivity index (χ3v) is 7.07. The summed E-state index contributed by atoms with van der Waals surface area (Å²) in [5.41, 5.74) is 6.41. The van der Waals surface area contributed by atoms with Crippen LogP contribution < -0.4 is 4.90 Å². The van der Waals surface area contributed by atoms with Gasteiger partial charge in [-0.3, -0.25) is 9.88 Å². The number of nitrogens with zero attached hydrogens (tertiary/aromatic N) is 6. The Kier molecular flexibility index (Phi) is 5.67. The summed E-state index contributed by atoms with van der Waals surface area (Å²) in [7, 11) is 4.44. The van der Waals surface area contributed by atoms with Crippen LogP contribution in [0.5, 0.6) is 0 Å². The zero-order chi connectivity index (χ0) is 21.4. The van der Waals surface area contributed by atoms with Gasteiger partial charge in [-0.2, -0.15) is 0 Å². The van der Waals surface area contributed by atoms with E-state index in [4.69, 9.17) is 9.97 Å². The van der Waals surface area contributed by atoms with Crippen LogP contribution in [0, 0.1) is 0 Å². The maximum absolute atomic E-state index is 5.11. The number of anilines is 1. The van der Waals surface area contributed by atoms with Crippen molar-refractivity contribution in [1.29, 1.82) is 0 Å². The van der Waals surface area contributed by atoms with Crippen molar-refractivity contribution in [2.24, 2.45) is 0 Å². The average molecular weight is 419 g/mol. The Labute approximate surface area is 185 Å². The molecule has 1 aliphatic heterocycles. The van der Waals surface area contributed by atoms with Crippen molar-refractivity contribution in [1.82, 2.24) is 24.3 Å². The molecule has 1 fully saturated rings. The van der Waals surface area contributed by atoms with Crippen LogP contribution >= 0.6 is 0 Å². The molecule has 31 heavy (non-hydrogen) atoms. The van der Waals surface area contributed by atoms with E-state index in [1.54, 1.807) is 0 Å². The molecule has 0 amide bonds. The van der Waals surface area contributed by atoms with Crippen molar-refractivity contribution in [2.45, 2.75) is 45.3 Å². The van der Waals surface area contributed by atoms with Gasteiger partial charge in [-0.25, -0.2) is 4.98 Å². The van der Waals surface area contributed by atoms with Crippen LogP contribution in [0.2, 0.25) is 0 Å². The standard InChI is InChI=1S/C25H34N6/c1-4-31-23(18-29(3)21-11-5-8-19-9-7-13-26-24(19)21)27-20-10-6-12-22(25(20)31)30-16-14-28(2)15-17-30/h6-7,9-10,12-13,21H,4-5,8,11,14-18H2,1-3H3. The van der Waals surface area contributed by atoms with Crippen LogP contribution in [0.3, 0.4) is 0 Å². The van der Waals surface area contributed by atoms with Gasteiger partial charge >= 0.3 is 0 Å². The molecule has 0 N–H and O–H groups in total. The number of aromatic nitrogens is 3. The third kappa shape index (κ3) is 3.83. The summed E-state index contributed by atoms with van der Waals surface area (Å²) in [4.78, 5) is 17.3. The van der Waals surface area contributed by atoms with Crippen LogP contribution in [0.1, 0.15) is 42.9 Å². The molecule has 3 aromatic rings. The first-order valence-electron chi connectivity index (χ1n) is 11.7. The lowest BCUT2D eigenvalue weighted by Crippen LogP contribution is -2.44. The molecule has 3 heterocycles. The van der Waals surface area contributed by atoms with E-state index in [9.17, 15) is 0 Å². The molecule has 0 radical (unpaired) electrons. The molecule has 0 saturated carbocycles. The van der Waals surface area contributed by atoms with Crippen LogP contribution in [0.4, 0.5) is 5.69 Å². The molecule has 0 spiro atoms. The molecule has 1 unspecified atom stereocenters. The molecule has 1 atom stereocenters. The zero-order valence-corrected chi connectivity index (χ0v) is 19.1. The third-order valence-electron chi connectivity index (χ3n) is 7.07.